The Labute approximate surface area is 120 Å². The van der Waals surface area contributed by atoms with E-state index < -0.39 is 23.3 Å². The number of thioether (sulfide) groups is 1. The normalized spacial score (nSPS) is 40.6. The molecule has 2 bridgehead atoms. The van der Waals surface area contributed by atoms with E-state index in [1.807, 2.05) is 0 Å². The van der Waals surface area contributed by atoms with E-state index in [0.717, 1.165) is 24.6 Å². The highest BCUT2D eigenvalue weighted by atomic mass is 32.2. The van der Waals surface area contributed by atoms with Gasteiger partial charge in [0.2, 0.25) is 0 Å². The third-order valence-corrected chi connectivity index (χ3v) is 5.94. The zero-order valence-corrected chi connectivity index (χ0v) is 12.2. The Balaban J connectivity index is 1.78. The maximum absolute atomic E-state index is 12.6. The van der Waals surface area contributed by atoms with Crippen LogP contribution in [0.3, 0.4) is 0 Å². The number of amides is 1. The van der Waals surface area contributed by atoms with Crippen LogP contribution in [0.15, 0.2) is 4.99 Å². The fraction of sp³-hybridized carbons (Fsp3) is 0.846. The second-order valence-electron chi connectivity index (χ2n) is 6.20. The lowest BCUT2D eigenvalue weighted by Gasteiger charge is -2.35. The molecular weight excluding hydrogens is 289 g/mol. The van der Waals surface area contributed by atoms with Crippen molar-refractivity contribution in [3.63, 3.8) is 0 Å². The molecule has 4 atom stereocenters. The number of carbonyl (C=O) groups is 1. The molecule has 1 saturated heterocycles. The molecule has 3 nitrogen and oxygen atoms in total. The number of hydrogen-bond donors (Lipinski definition) is 0. The van der Waals surface area contributed by atoms with Crippen LogP contribution in [0.4, 0.5) is 13.2 Å². The minimum Gasteiger partial charge on any atom is -0.345 e. The van der Waals surface area contributed by atoms with Crippen LogP contribution < -0.4 is 0 Å². The van der Waals surface area contributed by atoms with E-state index in [-0.39, 0.29) is 6.04 Å². The number of aliphatic imine (C=N–C) groups is 1. The first-order chi connectivity index (χ1) is 9.20. The summed E-state index contributed by atoms with van der Waals surface area (Å²) >= 11 is 0.995. The number of amidine groups is 1. The van der Waals surface area contributed by atoms with Crippen LogP contribution in [0.1, 0.15) is 39.5 Å². The first-order valence-electron chi connectivity index (χ1n) is 6.87. The molecule has 112 valence electrons. The van der Waals surface area contributed by atoms with Crippen molar-refractivity contribution < 1.29 is 18.0 Å². The minimum atomic E-state index is -4.35. The van der Waals surface area contributed by atoms with Crippen molar-refractivity contribution in [2.24, 2.45) is 10.9 Å². The molecule has 1 aliphatic carbocycles. The lowest BCUT2D eigenvalue weighted by atomic mass is 10.0. The number of halogens is 3. The smallest absolute Gasteiger partial charge is 0.345 e. The molecule has 0 aromatic heterocycles. The largest absolute Gasteiger partial charge is 0.390 e. The third kappa shape index (κ3) is 2.23. The second-order valence-corrected chi connectivity index (χ2v) is 7.67. The van der Waals surface area contributed by atoms with Gasteiger partial charge < -0.3 is 4.90 Å². The van der Waals surface area contributed by atoms with Gasteiger partial charge in [-0.3, -0.25) is 4.79 Å². The molecule has 0 N–H and O–H groups in total. The summed E-state index contributed by atoms with van der Waals surface area (Å²) in [5, 5.41) is 0.501. The highest BCUT2D eigenvalue weighted by molar-refractivity contribution is 8.16. The van der Waals surface area contributed by atoms with Gasteiger partial charge in [-0.25, -0.2) is 0 Å². The van der Waals surface area contributed by atoms with Crippen LogP contribution in [0, 0.1) is 5.92 Å². The van der Waals surface area contributed by atoms with E-state index in [1.165, 1.54) is 13.3 Å². The van der Waals surface area contributed by atoms with Gasteiger partial charge in [0.25, 0.3) is 5.91 Å². The molecule has 1 amide bonds. The maximum Gasteiger partial charge on any atom is 0.390 e. The van der Waals surface area contributed by atoms with Gasteiger partial charge in [0.05, 0.1) is 6.42 Å². The number of hydrogen-bond acceptors (Lipinski definition) is 3. The summed E-state index contributed by atoms with van der Waals surface area (Å²) in [6, 6.07) is 0.628. The van der Waals surface area contributed by atoms with Crippen molar-refractivity contribution in [1.82, 2.24) is 4.90 Å². The molecule has 0 aromatic carbocycles. The molecule has 20 heavy (non-hydrogen) atoms. The topological polar surface area (TPSA) is 32.7 Å². The van der Waals surface area contributed by atoms with Crippen LogP contribution in [-0.4, -0.2) is 39.0 Å². The Morgan fingerprint density at radius 3 is 2.70 bits per heavy atom. The Hall–Kier alpha value is -0.720. The monoisotopic (exact) mass is 306 g/mol. The van der Waals surface area contributed by atoms with E-state index in [2.05, 4.69) is 16.8 Å². The van der Waals surface area contributed by atoms with Gasteiger partial charge in [-0.2, -0.15) is 18.2 Å². The number of rotatable bonds is 1. The fourth-order valence-corrected chi connectivity index (χ4v) is 4.97. The van der Waals surface area contributed by atoms with Crippen LogP contribution >= 0.6 is 11.8 Å². The number of likely N-dealkylation sites (tertiary alicyclic amines) is 1. The standard InChI is InChI=1S/C13H17F3N2OS/c1-7-8-3-4-9(5-8)18(7)11-17-10(19)12(2,20-11)6-13(14,15)16/h7-9H,3-6H2,1-2H3/t7-,8-,9+,12?/m1/s1. The molecule has 2 fully saturated rings. The van der Waals surface area contributed by atoms with Crippen LogP contribution in [0.5, 0.6) is 0 Å². The molecule has 3 rings (SSSR count). The first kappa shape index (κ1) is 14.2. The Kier molecular flexibility index (Phi) is 3.12. The SMILES string of the molecule is C[C@@H]1[C@@H]2CC[C@@H](C2)N1C1=NC(=O)C(C)(CC(F)(F)F)S1. The minimum absolute atomic E-state index is 0.279. The molecule has 1 unspecified atom stereocenters. The molecule has 2 heterocycles. The van der Waals surface area contributed by atoms with Gasteiger partial charge >= 0.3 is 6.18 Å². The molecule has 3 aliphatic rings. The van der Waals surface area contributed by atoms with E-state index in [4.69, 9.17) is 0 Å². The number of carbonyl (C=O) groups excluding carboxylic acids is 1. The molecule has 0 spiro atoms. The van der Waals surface area contributed by atoms with Gasteiger partial charge in [-0.1, -0.05) is 11.8 Å². The maximum atomic E-state index is 12.6. The van der Waals surface area contributed by atoms with Crippen molar-refractivity contribution in [2.45, 2.75) is 62.5 Å². The Morgan fingerprint density at radius 1 is 1.45 bits per heavy atom. The van der Waals surface area contributed by atoms with E-state index in [9.17, 15) is 18.0 Å². The highest BCUT2D eigenvalue weighted by Crippen LogP contribution is 2.48. The van der Waals surface area contributed by atoms with Crippen molar-refractivity contribution >= 4 is 22.8 Å². The molecule has 7 heteroatoms. The fourth-order valence-electron chi connectivity index (χ4n) is 3.65. The summed E-state index contributed by atoms with van der Waals surface area (Å²) < 4.78 is 36.4. The predicted molar refractivity (Wildman–Crippen MR) is 71.5 cm³/mol. The summed E-state index contributed by atoms with van der Waals surface area (Å²) in [7, 11) is 0. The zero-order chi connectivity index (χ0) is 14.7. The molecule has 1 saturated carbocycles. The van der Waals surface area contributed by atoms with E-state index in [1.54, 1.807) is 0 Å². The number of fused-ring (bicyclic) bond motifs is 2. The van der Waals surface area contributed by atoms with Crippen molar-refractivity contribution in [3.05, 3.63) is 0 Å². The summed E-state index contributed by atoms with van der Waals surface area (Å²) in [5.74, 6) is -0.0577. The van der Waals surface area contributed by atoms with Gasteiger partial charge in [0.15, 0.2) is 5.17 Å². The first-order valence-corrected chi connectivity index (χ1v) is 7.68. The summed E-state index contributed by atoms with van der Waals surface area (Å²) in [5.41, 5.74) is 0. The molecule has 0 aromatic rings. The van der Waals surface area contributed by atoms with Crippen LogP contribution in [-0.2, 0) is 4.79 Å². The van der Waals surface area contributed by atoms with Crippen molar-refractivity contribution in [3.8, 4) is 0 Å². The average molecular weight is 306 g/mol. The highest BCUT2D eigenvalue weighted by Gasteiger charge is 2.53. The van der Waals surface area contributed by atoms with E-state index >= 15 is 0 Å². The zero-order valence-electron chi connectivity index (χ0n) is 11.4. The summed E-state index contributed by atoms with van der Waals surface area (Å²) in [4.78, 5) is 17.9. The lowest BCUT2D eigenvalue weighted by Crippen LogP contribution is -2.42. The van der Waals surface area contributed by atoms with Gasteiger partial charge in [-0.05, 0) is 39.0 Å². The summed E-state index contributed by atoms with van der Waals surface area (Å²) in [6.45, 7) is 3.43. The summed E-state index contributed by atoms with van der Waals surface area (Å²) in [6.07, 6.45) is -2.16. The average Bonchev–Trinajstić information content (AvgIpc) is 2.91. The third-order valence-electron chi connectivity index (χ3n) is 4.68. The lowest BCUT2D eigenvalue weighted by molar-refractivity contribution is -0.147. The quantitative estimate of drug-likeness (QED) is 0.746. The van der Waals surface area contributed by atoms with Gasteiger partial charge in [0.1, 0.15) is 4.75 Å². The Bertz CT molecular complexity index is 477. The number of nitrogens with zero attached hydrogens (tertiary/aromatic N) is 2. The molecular formula is C13H17F3N2OS. The second kappa shape index (κ2) is 4.39. The van der Waals surface area contributed by atoms with Crippen LogP contribution in [0.25, 0.3) is 0 Å². The molecule has 2 aliphatic heterocycles. The Morgan fingerprint density at radius 2 is 2.15 bits per heavy atom. The number of piperidine rings is 1. The van der Waals surface area contributed by atoms with Gasteiger partial charge in [-0.15, -0.1) is 0 Å². The van der Waals surface area contributed by atoms with Crippen molar-refractivity contribution in [2.75, 3.05) is 0 Å². The van der Waals surface area contributed by atoms with Gasteiger partial charge in [0, 0.05) is 12.1 Å². The van der Waals surface area contributed by atoms with Crippen molar-refractivity contribution in [1.29, 1.82) is 0 Å². The van der Waals surface area contributed by atoms with Crippen LogP contribution in [0.2, 0.25) is 0 Å². The van der Waals surface area contributed by atoms with E-state index in [0.29, 0.717) is 17.1 Å². The molecule has 0 radical (unpaired) electrons. The number of alkyl halides is 3. The predicted octanol–water partition coefficient (Wildman–Crippen LogP) is 3.20.